The average molecular weight is 477 g/mol. The molecule has 6 heteroatoms. The molecule has 0 spiro atoms. The Balaban J connectivity index is 1.45. The molecule has 1 aliphatic heterocycles. The summed E-state index contributed by atoms with van der Waals surface area (Å²) in [5.74, 6) is 1.32. The number of nitrogens with one attached hydrogen (secondary N) is 2. The number of imidazole rings is 1. The van der Waals surface area contributed by atoms with Gasteiger partial charge in [0.25, 0.3) is 0 Å². The van der Waals surface area contributed by atoms with Crippen molar-refractivity contribution in [2.24, 2.45) is 0 Å². The molecule has 3 heterocycles. The number of pyridine rings is 1. The van der Waals surface area contributed by atoms with Crippen molar-refractivity contribution in [3.05, 3.63) is 114 Å². The zero-order valence-electron chi connectivity index (χ0n) is 19.6. The molecule has 1 aliphatic rings. The number of hydrogen-bond acceptors (Lipinski definition) is 4. The minimum absolute atomic E-state index is 0.115. The second kappa shape index (κ2) is 9.40. The predicted molar refractivity (Wildman–Crippen MR) is 140 cm³/mol. The Morgan fingerprint density at radius 1 is 0.889 bits per heavy atom. The quantitative estimate of drug-likeness (QED) is 0.273. The first-order valence-corrected chi connectivity index (χ1v) is 12.1. The number of aliphatic hydroxyl groups is 1. The van der Waals surface area contributed by atoms with E-state index in [4.69, 9.17) is 4.98 Å². The van der Waals surface area contributed by atoms with Gasteiger partial charge in [-0.25, -0.2) is 14.4 Å². The number of fused-ring (bicyclic) bond motifs is 1. The van der Waals surface area contributed by atoms with Gasteiger partial charge in [-0.3, -0.25) is 0 Å². The summed E-state index contributed by atoms with van der Waals surface area (Å²) < 4.78 is 13.7. The van der Waals surface area contributed by atoms with Gasteiger partial charge in [-0.2, -0.15) is 0 Å². The monoisotopic (exact) mass is 476 g/mol. The van der Waals surface area contributed by atoms with E-state index in [0.29, 0.717) is 6.42 Å². The van der Waals surface area contributed by atoms with Gasteiger partial charge in [0.15, 0.2) is 0 Å². The van der Waals surface area contributed by atoms with Crippen molar-refractivity contribution in [3.63, 3.8) is 0 Å². The van der Waals surface area contributed by atoms with E-state index in [1.54, 1.807) is 12.1 Å². The molecule has 0 fully saturated rings. The second-order valence-electron chi connectivity index (χ2n) is 8.98. The van der Waals surface area contributed by atoms with Gasteiger partial charge >= 0.3 is 0 Å². The molecule has 3 N–H and O–H groups in total. The number of H-pyrrole nitrogens is 1. The number of hydrogen-bond donors (Lipinski definition) is 3. The smallest absolute Gasteiger partial charge is 0.138 e. The summed E-state index contributed by atoms with van der Waals surface area (Å²) in [6, 6.07) is 27.0. The number of aromatic amines is 1. The molecular weight excluding hydrogens is 451 g/mol. The third kappa shape index (κ3) is 4.16. The van der Waals surface area contributed by atoms with Crippen LogP contribution in [0.15, 0.2) is 91.1 Å². The van der Waals surface area contributed by atoms with E-state index in [1.165, 1.54) is 17.7 Å². The SMILES string of the molecule is OCCc1ccc(-c2nc(-c3ccc(F)cc3)c(-c3ccnc4c3CC(c3ccccc3)N4)[nH]2)cc1. The number of anilines is 1. The molecule has 178 valence electrons. The van der Waals surface area contributed by atoms with Crippen LogP contribution in [0.4, 0.5) is 10.2 Å². The van der Waals surface area contributed by atoms with Crippen molar-refractivity contribution < 1.29 is 9.50 Å². The van der Waals surface area contributed by atoms with E-state index in [9.17, 15) is 9.50 Å². The lowest BCUT2D eigenvalue weighted by Crippen LogP contribution is -2.05. The van der Waals surface area contributed by atoms with Crippen LogP contribution in [0.3, 0.4) is 0 Å². The lowest BCUT2D eigenvalue weighted by atomic mass is 9.97. The molecule has 5 nitrogen and oxygen atoms in total. The molecule has 0 bridgehead atoms. The van der Waals surface area contributed by atoms with Gasteiger partial charge in [0, 0.05) is 41.5 Å². The van der Waals surface area contributed by atoms with Crippen LogP contribution in [0.1, 0.15) is 22.7 Å². The van der Waals surface area contributed by atoms with E-state index in [0.717, 1.165) is 57.3 Å². The van der Waals surface area contributed by atoms with Crippen LogP contribution in [-0.2, 0) is 12.8 Å². The van der Waals surface area contributed by atoms with Crippen LogP contribution in [0.25, 0.3) is 33.9 Å². The number of rotatable bonds is 6. The molecule has 2 aromatic heterocycles. The van der Waals surface area contributed by atoms with Crippen LogP contribution in [0.5, 0.6) is 0 Å². The van der Waals surface area contributed by atoms with Gasteiger partial charge in [0.1, 0.15) is 17.5 Å². The van der Waals surface area contributed by atoms with E-state index in [-0.39, 0.29) is 18.5 Å². The number of aliphatic hydroxyl groups excluding tert-OH is 1. The first-order valence-electron chi connectivity index (χ1n) is 12.1. The summed E-state index contributed by atoms with van der Waals surface area (Å²) in [4.78, 5) is 13.1. The normalized spacial score (nSPS) is 14.4. The van der Waals surface area contributed by atoms with Crippen molar-refractivity contribution >= 4 is 5.82 Å². The summed E-state index contributed by atoms with van der Waals surface area (Å²) in [6.07, 6.45) is 3.23. The molecule has 1 unspecified atom stereocenters. The van der Waals surface area contributed by atoms with Crippen molar-refractivity contribution in [1.29, 1.82) is 0 Å². The van der Waals surface area contributed by atoms with E-state index in [2.05, 4.69) is 27.4 Å². The van der Waals surface area contributed by atoms with E-state index < -0.39 is 0 Å². The Kier molecular flexibility index (Phi) is 5.79. The number of aromatic nitrogens is 3. The topological polar surface area (TPSA) is 73.8 Å². The fourth-order valence-electron chi connectivity index (χ4n) is 4.84. The summed E-state index contributed by atoms with van der Waals surface area (Å²) in [5.41, 5.74) is 7.86. The highest BCUT2D eigenvalue weighted by atomic mass is 19.1. The van der Waals surface area contributed by atoms with Crippen molar-refractivity contribution in [2.75, 3.05) is 11.9 Å². The Hall–Kier alpha value is -4.29. The zero-order chi connectivity index (χ0) is 24.5. The highest BCUT2D eigenvalue weighted by Crippen LogP contribution is 2.41. The lowest BCUT2D eigenvalue weighted by Gasteiger charge is -2.10. The molecule has 0 aliphatic carbocycles. The fraction of sp³-hybridized carbons (Fsp3) is 0.133. The van der Waals surface area contributed by atoms with Gasteiger partial charge in [-0.1, -0.05) is 54.6 Å². The zero-order valence-corrected chi connectivity index (χ0v) is 19.6. The minimum Gasteiger partial charge on any atom is -0.396 e. The highest BCUT2D eigenvalue weighted by Gasteiger charge is 2.28. The Labute approximate surface area is 208 Å². The van der Waals surface area contributed by atoms with Gasteiger partial charge in [0.2, 0.25) is 0 Å². The van der Waals surface area contributed by atoms with Gasteiger partial charge < -0.3 is 15.4 Å². The molecule has 1 atom stereocenters. The summed E-state index contributed by atoms with van der Waals surface area (Å²) >= 11 is 0. The van der Waals surface area contributed by atoms with Gasteiger partial charge in [0.05, 0.1) is 17.4 Å². The molecule has 6 rings (SSSR count). The number of benzene rings is 3. The third-order valence-corrected chi connectivity index (χ3v) is 6.70. The minimum atomic E-state index is -0.282. The summed E-state index contributed by atoms with van der Waals surface area (Å²) in [7, 11) is 0. The van der Waals surface area contributed by atoms with Crippen molar-refractivity contribution in [1.82, 2.24) is 15.0 Å². The van der Waals surface area contributed by atoms with E-state index >= 15 is 0 Å². The van der Waals surface area contributed by atoms with E-state index in [1.807, 2.05) is 54.7 Å². The average Bonchev–Trinajstić information content (AvgIpc) is 3.55. The Morgan fingerprint density at radius 2 is 1.64 bits per heavy atom. The van der Waals surface area contributed by atoms with Crippen molar-refractivity contribution in [2.45, 2.75) is 18.9 Å². The molecule has 0 saturated carbocycles. The molecule has 0 radical (unpaired) electrons. The largest absolute Gasteiger partial charge is 0.396 e. The van der Waals surface area contributed by atoms with Crippen LogP contribution >= 0.6 is 0 Å². The molecule has 0 amide bonds. The van der Waals surface area contributed by atoms with Crippen LogP contribution in [-0.4, -0.2) is 26.7 Å². The molecule has 0 saturated heterocycles. The fourth-order valence-corrected chi connectivity index (χ4v) is 4.84. The standard InChI is InChI=1S/C30H25FN4O/c31-23-12-10-21(11-13-23)27-28(35-29(34-27)22-8-6-19(7-9-22)15-17-36)24-14-16-32-30-25(24)18-26(33-30)20-4-2-1-3-5-20/h1-14,16,26,36H,15,17-18H2,(H,32,33)(H,34,35). The van der Waals surface area contributed by atoms with Crippen LogP contribution in [0.2, 0.25) is 0 Å². The molecule has 36 heavy (non-hydrogen) atoms. The number of halogens is 1. The second-order valence-corrected chi connectivity index (χ2v) is 8.98. The molecular formula is C30H25FN4O. The third-order valence-electron chi connectivity index (χ3n) is 6.70. The van der Waals surface area contributed by atoms with Crippen LogP contribution < -0.4 is 5.32 Å². The summed E-state index contributed by atoms with van der Waals surface area (Å²) in [5, 5.41) is 12.8. The molecule has 5 aromatic rings. The highest BCUT2D eigenvalue weighted by molar-refractivity contribution is 5.85. The lowest BCUT2D eigenvalue weighted by molar-refractivity contribution is 0.299. The van der Waals surface area contributed by atoms with Crippen LogP contribution in [0, 0.1) is 5.82 Å². The van der Waals surface area contributed by atoms with Gasteiger partial charge in [-0.05, 0) is 47.9 Å². The summed E-state index contributed by atoms with van der Waals surface area (Å²) in [6.45, 7) is 0.115. The first-order chi connectivity index (χ1) is 17.7. The number of nitrogens with zero attached hydrogens (tertiary/aromatic N) is 2. The maximum atomic E-state index is 13.7. The van der Waals surface area contributed by atoms with Gasteiger partial charge in [-0.15, -0.1) is 0 Å². The Bertz CT molecular complexity index is 1500. The first kappa shape index (κ1) is 22.2. The predicted octanol–water partition coefficient (Wildman–Crippen LogP) is 6.19. The molecule has 3 aromatic carbocycles. The maximum absolute atomic E-state index is 13.7. The Morgan fingerprint density at radius 3 is 2.39 bits per heavy atom. The maximum Gasteiger partial charge on any atom is 0.138 e. The van der Waals surface area contributed by atoms with Crippen molar-refractivity contribution in [3.8, 4) is 33.9 Å².